The molecule has 0 unspecified atom stereocenters. The third-order valence-corrected chi connectivity index (χ3v) is 6.23. The minimum absolute atomic E-state index is 0.0896. The molecule has 0 aromatic heterocycles. The summed E-state index contributed by atoms with van der Waals surface area (Å²) in [6.07, 6.45) is -0.564. The molecule has 1 N–H and O–H groups in total. The standard InChI is InChI=1S/C26H31N3O5/c1-16(2)34-26(33)28-14-17(3)29(18(4)30)23-10-9-21(13-24(23)28)19-5-7-20(8-6-19)25(32)27-12-11-22(31)15-27/h5-10,13,16-17,22,31H,11-12,14-15H2,1-4H3/t17-,22-/m0/s1. The highest BCUT2D eigenvalue weighted by Crippen LogP contribution is 2.39. The number of likely N-dealkylation sites (tertiary alicyclic amines) is 1. The molecule has 0 bridgehead atoms. The van der Waals surface area contributed by atoms with Crippen molar-refractivity contribution in [3.8, 4) is 11.1 Å². The molecule has 1 saturated heterocycles. The lowest BCUT2D eigenvalue weighted by Gasteiger charge is -2.40. The van der Waals surface area contributed by atoms with Crippen LogP contribution < -0.4 is 9.80 Å². The van der Waals surface area contributed by atoms with E-state index in [1.807, 2.05) is 37.3 Å². The first-order valence-electron chi connectivity index (χ1n) is 11.7. The lowest BCUT2D eigenvalue weighted by molar-refractivity contribution is -0.117. The van der Waals surface area contributed by atoms with Crippen molar-refractivity contribution >= 4 is 29.3 Å². The molecule has 3 amide bonds. The van der Waals surface area contributed by atoms with Gasteiger partial charge in [0.25, 0.3) is 5.91 Å². The Hall–Kier alpha value is -3.39. The number of fused-ring (bicyclic) bond motifs is 1. The smallest absolute Gasteiger partial charge is 0.414 e. The maximum atomic E-state index is 12.9. The van der Waals surface area contributed by atoms with Crippen LogP contribution in [0.25, 0.3) is 11.1 Å². The molecular formula is C26H31N3O5. The van der Waals surface area contributed by atoms with Crippen molar-refractivity contribution in [2.45, 2.75) is 52.4 Å². The number of β-amino-alcohol motifs (C(OH)–C–C–N with tert-alkyl or cyclic N) is 1. The first kappa shape index (κ1) is 23.8. The van der Waals surface area contributed by atoms with Crippen LogP contribution in [0.1, 0.15) is 44.5 Å². The van der Waals surface area contributed by atoms with Crippen molar-refractivity contribution in [2.75, 3.05) is 29.4 Å². The molecule has 2 aromatic rings. The van der Waals surface area contributed by atoms with Gasteiger partial charge >= 0.3 is 6.09 Å². The Labute approximate surface area is 199 Å². The summed E-state index contributed by atoms with van der Waals surface area (Å²) in [5.41, 5.74) is 3.58. The lowest BCUT2D eigenvalue weighted by Crippen LogP contribution is -2.51. The van der Waals surface area contributed by atoms with Crippen molar-refractivity contribution in [1.29, 1.82) is 0 Å². The number of amides is 3. The third-order valence-electron chi connectivity index (χ3n) is 6.23. The summed E-state index contributed by atoms with van der Waals surface area (Å²) in [6, 6.07) is 12.7. The van der Waals surface area contributed by atoms with Gasteiger partial charge in [-0.1, -0.05) is 18.2 Å². The second-order valence-corrected chi connectivity index (χ2v) is 9.26. The van der Waals surface area contributed by atoms with Crippen molar-refractivity contribution in [1.82, 2.24) is 4.90 Å². The molecule has 0 aliphatic carbocycles. The monoisotopic (exact) mass is 465 g/mol. The van der Waals surface area contributed by atoms with E-state index >= 15 is 0 Å². The number of hydrogen-bond donors (Lipinski definition) is 1. The number of ether oxygens (including phenoxy) is 1. The number of aliphatic hydroxyl groups is 1. The van der Waals surface area contributed by atoms with Gasteiger partial charge in [-0.25, -0.2) is 4.79 Å². The van der Waals surface area contributed by atoms with Gasteiger partial charge in [0.15, 0.2) is 0 Å². The Bertz CT molecular complexity index is 1100. The van der Waals surface area contributed by atoms with Gasteiger partial charge in [-0.2, -0.15) is 0 Å². The van der Waals surface area contributed by atoms with Crippen molar-refractivity contribution in [2.24, 2.45) is 0 Å². The van der Waals surface area contributed by atoms with Gasteiger partial charge in [-0.3, -0.25) is 14.5 Å². The van der Waals surface area contributed by atoms with Gasteiger partial charge in [0, 0.05) is 32.1 Å². The minimum Gasteiger partial charge on any atom is -0.446 e. The summed E-state index contributed by atoms with van der Waals surface area (Å²) in [6.45, 7) is 8.27. The summed E-state index contributed by atoms with van der Waals surface area (Å²) in [5.74, 6) is -0.185. The molecular weight excluding hydrogens is 434 g/mol. The maximum Gasteiger partial charge on any atom is 0.414 e. The molecule has 8 heteroatoms. The van der Waals surface area contributed by atoms with Crippen molar-refractivity contribution in [3.63, 3.8) is 0 Å². The predicted octanol–water partition coefficient (Wildman–Crippen LogP) is 3.67. The first-order valence-corrected chi connectivity index (χ1v) is 11.7. The number of aliphatic hydroxyl groups excluding tert-OH is 1. The molecule has 2 aliphatic rings. The molecule has 34 heavy (non-hydrogen) atoms. The highest BCUT2D eigenvalue weighted by atomic mass is 16.6. The molecule has 0 radical (unpaired) electrons. The van der Waals surface area contributed by atoms with Crippen molar-refractivity contribution in [3.05, 3.63) is 48.0 Å². The fraction of sp³-hybridized carbons (Fsp3) is 0.423. The highest BCUT2D eigenvalue weighted by molar-refractivity contribution is 6.03. The molecule has 0 saturated carbocycles. The Morgan fingerprint density at radius 2 is 1.68 bits per heavy atom. The molecule has 2 heterocycles. The van der Waals surface area contributed by atoms with Crippen molar-refractivity contribution < 1.29 is 24.2 Å². The maximum absolute atomic E-state index is 12.9. The number of carbonyl (C=O) groups excluding carboxylic acids is 3. The molecule has 2 atom stereocenters. The van der Waals surface area contributed by atoms with Gasteiger partial charge in [-0.05, 0) is 62.6 Å². The average Bonchev–Trinajstić information content (AvgIpc) is 3.23. The van der Waals surface area contributed by atoms with Crippen LogP contribution >= 0.6 is 0 Å². The van der Waals surface area contributed by atoms with E-state index in [1.165, 1.54) is 6.92 Å². The predicted molar refractivity (Wildman–Crippen MR) is 130 cm³/mol. The Morgan fingerprint density at radius 1 is 1.00 bits per heavy atom. The fourth-order valence-corrected chi connectivity index (χ4v) is 4.64. The molecule has 8 nitrogen and oxygen atoms in total. The topological polar surface area (TPSA) is 90.4 Å². The average molecular weight is 466 g/mol. The van der Waals surface area contributed by atoms with E-state index in [0.717, 1.165) is 11.1 Å². The molecule has 4 rings (SSSR count). The van der Waals surface area contributed by atoms with E-state index in [9.17, 15) is 19.5 Å². The third kappa shape index (κ3) is 4.63. The van der Waals surface area contributed by atoms with Gasteiger partial charge in [0.2, 0.25) is 5.91 Å². The van der Waals surface area contributed by atoms with Crippen LogP contribution in [-0.4, -0.2) is 65.8 Å². The van der Waals surface area contributed by atoms with E-state index in [-0.39, 0.29) is 24.0 Å². The number of hydrogen-bond acceptors (Lipinski definition) is 5. The van der Waals surface area contributed by atoms with Crippen LogP contribution in [0.2, 0.25) is 0 Å². The summed E-state index contributed by atoms with van der Waals surface area (Å²) < 4.78 is 5.46. The van der Waals surface area contributed by atoms with E-state index in [1.54, 1.807) is 40.7 Å². The summed E-state index contributed by atoms with van der Waals surface area (Å²) >= 11 is 0. The molecule has 1 fully saturated rings. The number of nitrogens with zero attached hydrogens (tertiary/aromatic N) is 3. The molecule has 2 aliphatic heterocycles. The summed E-state index contributed by atoms with van der Waals surface area (Å²) in [5, 5.41) is 9.71. The number of benzene rings is 2. The summed E-state index contributed by atoms with van der Waals surface area (Å²) in [7, 11) is 0. The lowest BCUT2D eigenvalue weighted by atomic mass is 9.99. The van der Waals surface area contributed by atoms with E-state index in [2.05, 4.69) is 0 Å². The molecule has 0 spiro atoms. The second kappa shape index (κ2) is 9.46. The number of anilines is 2. The molecule has 180 valence electrons. The minimum atomic E-state index is -0.457. The van der Waals surface area contributed by atoms with Gasteiger partial charge in [-0.15, -0.1) is 0 Å². The Kier molecular flexibility index (Phi) is 6.61. The largest absolute Gasteiger partial charge is 0.446 e. The summed E-state index contributed by atoms with van der Waals surface area (Å²) in [4.78, 5) is 42.8. The molecule has 2 aromatic carbocycles. The Balaban J connectivity index is 1.66. The number of rotatable bonds is 3. The van der Waals surface area contributed by atoms with Crippen LogP contribution in [0.5, 0.6) is 0 Å². The van der Waals surface area contributed by atoms with Crippen LogP contribution in [0, 0.1) is 0 Å². The van der Waals surface area contributed by atoms with Crippen LogP contribution in [0.4, 0.5) is 16.2 Å². The van der Waals surface area contributed by atoms with Crippen LogP contribution in [-0.2, 0) is 9.53 Å². The van der Waals surface area contributed by atoms with E-state index in [0.29, 0.717) is 43.0 Å². The second-order valence-electron chi connectivity index (χ2n) is 9.26. The fourth-order valence-electron chi connectivity index (χ4n) is 4.64. The normalized spacial score (nSPS) is 19.9. The van der Waals surface area contributed by atoms with Gasteiger partial charge in [0.05, 0.1) is 29.6 Å². The van der Waals surface area contributed by atoms with Crippen LogP contribution in [0.15, 0.2) is 42.5 Å². The van der Waals surface area contributed by atoms with Gasteiger partial charge in [0.1, 0.15) is 0 Å². The SMILES string of the molecule is CC(=O)N1c2ccc(-c3ccc(C(=O)N4CC[C@H](O)C4)cc3)cc2N(C(=O)OC(C)C)C[C@@H]1C. The first-order chi connectivity index (χ1) is 16.2. The Morgan fingerprint density at radius 3 is 2.26 bits per heavy atom. The van der Waals surface area contributed by atoms with E-state index in [4.69, 9.17) is 4.74 Å². The zero-order chi connectivity index (χ0) is 24.6. The highest BCUT2D eigenvalue weighted by Gasteiger charge is 2.35. The zero-order valence-corrected chi connectivity index (χ0v) is 20.0. The number of carbonyl (C=O) groups is 3. The zero-order valence-electron chi connectivity index (χ0n) is 20.0. The van der Waals surface area contributed by atoms with Crippen LogP contribution in [0.3, 0.4) is 0 Å². The van der Waals surface area contributed by atoms with Gasteiger partial charge < -0.3 is 19.6 Å². The quantitative estimate of drug-likeness (QED) is 0.747. The van der Waals surface area contributed by atoms with E-state index < -0.39 is 12.2 Å².